The highest BCUT2D eigenvalue weighted by atomic mass is 16.3. The van der Waals surface area contributed by atoms with E-state index in [-0.39, 0.29) is 30.6 Å². The summed E-state index contributed by atoms with van der Waals surface area (Å²) in [6.45, 7) is 6.03. The molecule has 1 rings (SSSR count). The van der Waals surface area contributed by atoms with E-state index >= 15 is 0 Å². The zero-order valence-electron chi connectivity index (χ0n) is 11.2. The van der Waals surface area contributed by atoms with Crippen molar-refractivity contribution in [3.63, 3.8) is 0 Å². The zero-order chi connectivity index (χ0) is 12.8. The van der Waals surface area contributed by atoms with Crippen LogP contribution in [0.1, 0.15) is 46.5 Å². The number of aliphatic hydroxyl groups is 1. The second kappa shape index (κ2) is 6.97. The van der Waals surface area contributed by atoms with Crippen LogP contribution in [0.4, 0.5) is 0 Å². The molecule has 0 aromatic heterocycles. The maximum Gasteiger partial charge on any atom is 0.237 e. The average Bonchev–Trinajstić information content (AvgIpc) is 2.28. The van der Waals surface area contributed by atoms with Gasteiger partial charge in [-0.05, 0) is 39.5 Å². The molecule has 17 heavy (non-hydrogen) atoms. The fourth-order valence-electron chi connectivity index (χ4n) is 2.45. The molecule has 0 saturated heterocycles. The van der Waals surface area contributed by atoms with Gasteiger partial charge in [-0.25, -0.2) is 0 Å². The first-order chi connectivity index (χ1) is 8.04. The lowest BCUT2D eigenvalue weighted by molar-refractivity contribution is -0.123. The van der Waals surface area contributed by atoms with Gasteiger partial charge in [0.2, 0.25) is 5.91 Å². The molecule has 3 atom stereocenters. The van der Waals surface area contributed by atoms with Crippen molar-refractivity contribution in [2.24, 2.45) is 5.92 Å². The standard InChI is InChI=1S/C13H26N2O2/c1-9(2)14-13(17)10(3)15-12-7-5-4-6-11(12)8-16/h9-12,15-16H,4-8H2,1-3H3,(H,14,17). The highest BCUT2D eigenvalue weighted by molar-refractivity contribution is 5.81. The summed E-state index contributed by atoms with van der Waals surface area (Å²) in [6, 6.07) is 0.267. The van der Waals surface area contributed by atoms with Crippen LogP contribution in [0.15, 0.2) is 0 Å². The van der Waals surface area contributed by atoms with Gasteiger partial charge in [0.05, 0.1) is 6.04 Å². The number of carbonyl (C=O) groups is 1. The Morgan fingerprint density at radius 3 is 2.53 bits per heavy atom. The average molecular weight is 242 g/mol. The minimum Gasteiger partial charge on any atom is -0.396 e. The summed E-state index contributed by atoms with van der Waals surface area (Å²) >= 11 is 0. The number of aliphatic hydroxyl groups excluding tert-OH is 1. The molecule has 1 aliphatic rings. The Hall–Kier alpha value is -0.610. The molecule has 1 aliphatic carbocycles. The van der Waals surface area contributed by atoms with Crippen LogP contribution in [0.5, 0.6) is 0 Å². The minimum atomic E-state index is -0.186. The van der Waals surface area contributed by atoms with Gasteiger partial charge in [0.1, 0.15) is 0 Å². The van der Waals surface area contributed by atoms with Gasteiger partial charge in [-0.3, -0.25) is 4.79 Å². The Labute approximate surface area is 104 Å². The molecule has 0 aliphatic heterocycles. The maximum atomic E-state index is 11.8. The van der Waals surface area contributed by atoms with Crippen molar-refractivity contribution in [1.29, 1.82) is 0 Å². The van der Waals surface area contributed by atoms with Crippen molar-refractivity contribution >= 4 is 5.91 Å². The van der Waals surface area contributed by atoms with Gasteiger partial charge < -0.3 is 15.7 Å². The van der Waals surface area contributed by atoms with Crippen molar-refractivity contribution < 1.29 is 9.90 Å². The van der Waals surface area contributed by atoms with Crippen LogP contribution in [-0.2, 0) is 4.79 Å². The number of amides is 1. The first kappa shape index (κ1) is 14.5. The van der Waals surface area contributed by atoms with E-state index in [1.54, 1.807) is 0 Å². The second-order valence-corrected chi connectivity index (χ2v) is 5.39. The van der Waals surface area contributed by atoms with E-state index in [1.165, 1.54) is 12.8 Å². The number of carbonyl (C=O) groups excluding carboxylic acids is 1. The maximum absolute atomic E-state index is 11.8. The number of hydrogen-bond donors (Lipinski definition) is 3. The van der Waals surface area contributed by atoms with Crippen molar-refractivity contribution in [3.05, 3.63) is 0 Å². The summed E-state index contributed by atoms with van der Waals surface area (Å²) < 4.78 is 0. The van der Waals surface area contributed by atoms with E-state index < -0.39 is 0 Å². The predicted molar refractivity (Wildman–Crippen MR) is 68.7 cm³/mol. The van der Waals surface area contributed by atoms with Crippen molar-refractivity contribution in [2.45, 2.75) is 64.6 Å². The summed E-state index contributed by atoms with van der Waals surface area (Å²) in [5.41, 5.74) is 0. The molecule has 0 aromatic carbocycles. The summed E-state index contributed by atoms with van der Waals surface area (Å²) in [4.78, 5) is 11.8. The lowest BCUT2D eigenvalue weighted by Gasteiger charge is -2.33. The number of nitrogens with one attached hydrogen (secondary N) is 2. The van der Waals surface area contributed by atoms with Crippen LogP contribution < -0.4 is 10.6 Å². The SMILES string of the molecule is CC(C)NC(=O)C(C)NC1CCCCC1CO. The zero-order valence-corrected chi connectivity index (χ0v) is 11.2. The Morgan fingerprint density at radius 1 is 1.29 bits per heavy atom. The molecule has 4 heteroatoms. The fraction of sp³-hybridized carbons (Fsp3) is 0.923. The fourth-order valence-corrected chi connectivity index (χ4v) is 2.45. The molecule has 1 saturated carbocycles. The summed E-state index contributed by atoms with van der Waals surface area (Å²) in [7, 11) is 0. The first-order valence-corrected chi connectivity index (χ1v) is 6.72. The smallest absolute Gasteiger partial charge is 0.237 e. The molecule has 3 unspecified atom stereocenters. The second-order valence-electron chi connectivity index (χ2n) is 5.39. The van der Waals surface area contributed by atoms with Gasteiger partial charge in [0, 0.05) is 18.7 Å². The molecule has 1 amide bonds. The Kier molecular flexibility index (Phi) is 5.92. The van der Waals surface area contributed by atoms with Crippen molar-refractivity contribution in [1.82, 2.24) is 10.6 Å². The van der Waals surface area contributed by atoms with Crippen LogP contribution in [0, 0.1) is 5.92 Å². The van der Waals surface area contributed by atoms with E-state index in [0.29, 0.717) is 5.92 Å². The van der Waals surface area contributed by atoms with Gasteiger partial charge in [-0.2, -0.15) is 0 Å². The third kappa shape index (κ3) is 4.64. The molecule has 1 fully saturated rings. The molecule has 0 spiro atoms. The molecular formula is C13H26N2O2. The lowest BCUT2D eigenvalue weighted by atomic mass is 9.84. The molecule has 0 aromatic rings. The van der Waals surface area contributed by atoms with Crippen LogP contribution >= 0.6 is 0 Å². The van der Waals surface area contributed by atoms with E-state index in [4.69, 9.17) is 0 Å². The van der Waals surface area contributed by atoms with E-state index in [9.17, 15) is 9.90 Å². The summed E-state index contributed by atoms with van der Waals surface area (Å²) in [5, 5.41) is 15.6. The van der Waals surface area contributed by atoms with E-state index in [2.05, 4.69) is 10.6 Å². The third-order valence-corrected chi connectivity index (χ3v) is 3.43. The molecule has 0 heterocycles. The molecule has 4 nitrogen and oxygen atoms in total. The molecular weight excluding hydrogens is 216 g/mol. The van der Waals surface area contributed by atoms with Gasteiger partial charge in [-0.1, -0.05) is 12.8 Å². The van der Waals surface area contributed by atoms with Crippen LogP contribution in [0.25, 0.3) is 0 Å². The van der Waals surface area contributed by atoms with E-state index in [1.807, 2.05) is 20.8 Å². The Balaban J connectivity index is 2.42. The third-order valence-electron chi connectivity index (χ3n) is 3.43. The van der Waals surface area contributed by atoms with Crippen molar-refractivity contribution in [3.8, 4) is 0 Å². The van der Waals surface area contributed by atoms with Gasteiger partial charge >= 0.3 is 0 Å². The van der Waals surface area contributed by atoms with Gasteiger partial charge in [0.15, 0.2) is 0 Å². The normalized spacial score (nSPS) is 26.9. The molecule has 100 valence electrons. The number of hydrogen-bond acceptors (Lipinski definition) is 3. The molecule has 0 bridgehead atoms. The van der Waals surface area contributed by atoms with E-state index in [0.717, 1.165) is 12.8 Å². The quantitative estimate of drug-likeness (QED) is 0.675. The lowest BCUT2D eigenvalue weighted by Crippen LogP contribution is -2.51. The monoisotopic (exact) mass is 242 g/mol. The number of rotatable bonds is 5. The van der Waals surface area contributed by atoms with Crippen molar-refractivity contribution in [2.75, 3.05) is 6.61 Å². The molecule has 3 N–H and O–H groups in total. The van der Waals surface area contributed by atoms with Crippen LogP contribution in [0.3, 0.4) is 0 Å². The molecule has 0 radical (unpaired) electrons. The predicted octanol–water partition coefficient (Wildman–Crippen LogP) is 1.04. The highest BCUT2D eigenvalue weighted by Gasteiger charge is 2.27. The minimum absolute atomic E-state index is 0.0438. The topological polar surface area (TPSA) is 61.4 Å². The van der Waals surface area contributed by atoms with Crippen LogP contribution in [-0.4, -0.2) is 35.7 Å². The Bertz CT molecular complexity index is 244. The van der Waals surface area contributed by atoms with Crippen LogP contribution in [0.2, 0.25) is 0 Å². The van der Waals surface area contributed by atoms with Gasteiger partial charge in [-0.15, -0.1) is 0 Å². The highest BCUT2D eigenvalue weighted by Crippen LogP contribution is 2.24. The summed E-state index contributed by atoms with van der Waals surface area (Å²) in [5.74, 6) is 0.348. The largest absolute Gasteiger partial charge is 0.396 e. The first-order valence-electron chi connectivity index (χ1n) is 6.72. The summed E-state index contributed by atoms with van der Waals surface area (Å²) in [6.07, 6.45) is 4.50. The Morgan fingerprint density at radius 2 is 1.94 bits per heavy atom. The van der Waals surface area contributed by atoms with Gasteiger partial charge in [0.25, 0.3) is 0 Å².